The Labute approximate surface area is 145 Å². The molecule has 0 saturated carbocycles. The van der Waals surface area contributed by atoms with Crippen molar-refractivity contribution in [3.63, 3.8) is 0 Å². The zero-order valence-electron chi connectivity index (χ0n) is 14.2. The number of nitrogens with one attached hydrogen (secondary N) is 2. The average molecular weight is 340 g/mol. The van der Waals surface area contributed by atoms with Gasteiger partial charge in [-0.1, -0.05) is 6.07 Å². The second-order valence-corrected chi connectivity index (χ2v) is 5.86. The maximum absolute atomic E-state index is 13.8. The van der Waals surface area contributed by atoms with Gasteiger partial charge in [-0.3, -0.25) is 0 Å². The molecular formula is C19H18F2N4. The Morgan fingerprint density at radius 3 is 2.16 bits per heavy atom. The molecule has 25 heavy (non-hydrogen) atoms. The summed E-state index contributed by atoms with van der Waals surface area (Å²) in [5, 5.41) is 6.07. The van der Waals surface area contributed by atoms with Crippen LogP contribution in [0.5, 0.6) is 0 Å². The van der Waals surface area contributed by atoms with Crippen LogP contribution in [0, 0.1) is 32.4 Å². The van der Waals surface area contributed by atoms with Gasteiger partial charge >= 0.3 is 0 Å². The Kier molecular flexibility index (Phi) is 4.61. The van der Waals surface area contributed by atoms with Crippen molar-refractivity contribution in [2.75, 3.05) is 10.6 Å². The van der Waals surface area contributed by atoms with E-state index in [0.717, 1.165) is 11.8 Å². The van der Waals surface area contributed by atoms with Gasteiger partial charge in [0.2, 0.25) is 0 Å². The summed E-state index contributed by atoms with van der Waals surface area (Å²) in [5.74, 6) is 0.225. The van der Waals surface area contributed by atoms with Gasteiger partial charge in [0.05, 0.1) is 5.69 Å². The molecule has 3 rings (SSSR count). The van der Waals surface area contributed by atoms with Crippen LogP contribution in [0.4, 0.5) is 31.8 Å². The summed E-state index contributed by atoms with van der Waals surface area (Å²) in [6.07, 6.45) is 0. The minimum Gasteiger partial charge on any atom is -0.340 e. The van der Waals surface area contributed by atoms with E-state index in [-0.39, 0.29) is 5.69 Å². The molecule has 0 aliphatic rings. The Bertz CT molecular complexity index is 925. The second-order valence-electron chi connectivity index (χ2n) is 5.86. The van der Waals surface area contributed by atoms with E-state index in [1.807, 2.05) is 32.0 Å². The number of anilines is 4. The largest absolute Gasteiger partial charge is 0.340 e. The normalized spacial score (nSPS) is 10.6. The highest BCUT2D eigenvalue weighted by molar-refractivity contribution is 5.64. The van der Waals surface area contributed by atoms with Crippen LogP contribution in [0.25, 0.3) is 0 Å². The molecule has 128 valence electrons. The van der Waals surface area contributed by atoms with Crippen LogP contribution in [-0.2, 0) is 0 Å². The molecule has 2 N–H and O–H groups in total. The van der Waals surface area contributed by atoms with E-state index in [9.17, 15) is 8.78 Å². The van der Waals surface area contributed by atoms with Gasteiger partial charge in [-0.05, 0) is 56.2 Å². The summed E-state index contributed by atoms with van der Waals surface area (Å²) in [4.78, 5) is 8.59. The maximum Gasteiger partial charge on any atom is 0.149 e. The Hall–Kier alpha value is -3.02. The van der Waals surface area contributed by atoms with Gasteiger partial charge in [0.15, 0.2) is 0 Å². The van der Waals surface area contributed by atoms with Crippen molar-refractivity contribution in [1.82, 2.24) is 9.97 Å². The zero-order chi connectivity index (χ0) is 18.0. The molecule has 0 fully saturated rings. The third-order valence-corrected chi connectivity index (χ3v) is 3.81. The van der Waals surface area contributed by atoms with Crippen LogP contribution in [0.3, 0.4) is 0 Å². The number of aryl methyl sites for hydroxylation is 3. The van der Waals surface area contributed by atoms with E-state index in [2.05, 4.69) is 20.6 Å². The predicted molar refractivity (Wildman–Crippen MR) is 95.6 cm³/mol. The van der Waals surface area contributed by atoms with Crippen molar-refractivity contribution >= 4 is 23.0 Å². The summed E-state index contributed by atoms with van der Waals surface area (Å²) in [6, 6.07) is 11.0. The van der Waals surface area contributed by atoms with Gasteiger partial charge < -0.3 is 10.6 Å². The van der Waals surface area contributed by atoms with Gasteiger partial charge in [0.25, 0.3) is 0 Å². The fourth-order valence-corrected chi connectivity index (χ4v) is 2.39. The standard InChI is InChI=1S/C19H18F2N4/c1-11-4-6-15(8-12(11)2)24-18-10-19(23-13(3)22-18)25-17-7-5-14(20)9-16(17)21/h4-10H,1-3H3,(H2,22,23,24,25). The van der Waals surface area contributed by atoms with E-state index in [1.54, 1.807) is 13.0 Å². The maximum atomic E-state index is 13.8. The Balaban J connectivity index is 1.86. The molecule has 0 aliphatic heterocycles. The van der Waals surface area contributed by atoms with Crippen LogP contribution in [-0.4, -0.2) is 9.97 Å². The monoisotopic (exact) mass is 340 g/mol. The second kappa shape index (κ2) is 6.84. The lowest BCUT2D eigenvalue weighted by molar-refractivity contribution is 0.586. The Morgan fingerprint density at radius 1 is 0.760 bits per heavy atom. The Morgan fingerprint density at radius 2 is 1.48 bits per heavy atom. The van der Waals surface area contributed by atoms with E-state index in [1.165, 1.54) is 23.3 Å². The van der Waals surface area contributed by atoms with E-state index in [0.29, 0.717) is 17.5 Å². The van der Waals surface area contributed by atoms with Gasteiger partial charge in [0.1, 0.15) is 29.1 Å². The SMILES string of the molecule is Cc1nc(Nc2ccc(C)c(C)c2)cc(Nc2ccc(F)cc2F)n1. The van der Waals surface area contributed by atoms with Crippen molar-refractivity contribution < 1.29 is 8.78 Å². The van der Waals surface area contributed by atoms with E-state index < -0.39 is 11.6 Å². The topological polar surface area (TPSA) is 49.8 Å². The van der Waals surface area contributed by atoms with Gasteiger partial charge in [-0.25, -0.2) is 18.7 Å². The first kappa shape index (κ1) is 16.8. The van der Waals surface area contributed by atoms with E-state index in [4.69, 9.17) is 0 Å². The molecule has 4 nitrogen and oxygen atoms in total. The van der Waals surface area contributed by atoms with Gasteiger partial charge in [-0.15, -0.1) is 0 Å². The predicted octanol–water partition coefficient (Wildman–Crippen LogP) is 5.17. The molecule has 0 saturated heterocycles. The number of hydrogen-bond donors (Lipinski definition) is 2. The molecule has 2 aromatic carbocycles. The van der Waals surface area contributed by atoms with E-state index >= 15 is 0 Å². The molecular weight excluding hydrogens is 322 g/mol. The van der Waals surface area contributed by atoms with Crippen molar-refractivity contribution in [3.05, 3.63) is 71.1 Å². The van der Waals surface area contributed by atoms with Crippen molar-refractivity contribution in [3.8, 4) is 0 Å². The summed E-state index contributed by atoms with van der Waals surface area (Å²) in [5.41, 5.74) is 3.43. The third kappa shape index (κ3) is 4.09. The highest BCUT2D eigenvalue weighted by Gasteiger charge is 2.08. The molecule has 0 unspecified atom stereocenters. The van der Waals surface area contributed by atoms with Crippen LogP contribution in [0.2, 0.25) is 0 Å². The molecule has 0 radical (unpaired) electrons. The van der Waals surface area contributed by atoms with Crippen LogP contribution in [0.15, 0.2) is 42.5 Å². The van der Waals surface area contributed by atoms with Crippen LogP contribution in [0.1, 0.15) is 17.0 Å². The van der Waals surface area contributed by atoms with Crippen molar-refractivity contribution in [2.45, 2.75) is 20.8 Å². The summed E-state index contributed by atoms with van der Waals surface area (Å²) in [6.45, 7) is 5.83. The molecule has 1 heterocycles. The average Bonchev–Trinajstić information content (AvgIpc) is 2.53. The summed E-state index contributed by atoms with van der Waals surface area (Å²) in [7, 11) is 0. The lowest BCUT2D eigenvalue weighted by Gasteiger charge is -2.12. The molecule has 3 aromatic rings. The van der Waals surface area contributed by atoms with Crippen LogP contribution >= 0.6 is 0 Å². The van der Waals surface area contributed by atoms with Crippen molar-refractivity contribution in [2.24, 2.45) is 0 Å². The minimum atomic E-state index is -0.681. The lowest BCUT2D eigenvalue weighted by atomic mass is 10.1. The number of nitrogens with zero attached hydrogens (tertiary/aromatic N) is 2. The number of halogens is 2. The number of aromatic nitrogens is 2. The minimum absolute atomic E-state index is 0.150. The molecule has 0 spiro atoms. The fraction of sp³-hybridized carbons (Fsp3) is 0.158. The first-order chi connectivity index (χ1) is 11.9. The van der Waals surface area contributed by atoms with Crippen molar-refractivity contribution in [1.29, 1.82) is 0 Å². The fourth-order valence-electron chi connectivity index (χ4n) is 2.39. The van der Waals surface area contributed by atoms with Crippen LogP contribution < -0.4 is 10.6 Å². The molecule has 0 amide bonds. The lowest BCUT2D eigenvalue weighted by Crippen LogP contribution is -2.03. The van der Waals surface area contributed by atoms with Gasteiger partial charge in [-0.2, -0.15) is 0 Å². The quantitative estimate of drug-likeness (QED) is 0.688. The number of benzene rings is 2. The number of hydrogen-bond acceptors (Lipinski definition) is 4. The number of rotatable bonds is 4. The first-order valence-electron chi connectivity index (χ1n) is 7.83. The zero-order valence-corrected chi connectivity index (χ0v) is 14.2. The van der Waals surface area contributed by atoms with Gasteiger partial charge in [0, 0.05) is 17.8 Å². The molecule has 0 bridgehead atoms. The highest BCUT2D eigenvalue weighted by Crippen LogP contribution is 2.23. The molecule has 0 aliphatic carbocycles. The smallest absolute Gasteiger partial charge is 0.149 e. The highest BCUT2D eigenvalue weighted by atomic mass is 19.1. The summed E-state index contributed by atoms with van der Waals surface area (Å²) >= 11 is 0. The molecule has 6 heteroatoms. The first-order valence-corrected chi connectivity index (χ1v) is 7.83. The molecule has 1 aromatic heterocycles. The third-order valence-electron chi connectivity index (χ3n) is 3.81. The summed E-state index contributed by atoms with van der Waals surface area (Å²) < 4.78 is 26.8. The molecule has 0 atom stereocenters.